The molecule has 3 aromatic carbocycles. The second-order valence-electron chi connectivity index (χ2n) is 10.8. The topological polar surface area (TPSA) is 43.9 Å². The van der Waals surface area contributed by atoms with Crippen LogP contribution in [-0.4, -0.2) is 54.8 Å². The molecule has 35 heavy (non-hydrogen) atoms. The monoisotopic (exact) mass is 467 g/mol. The van der Waals surface area contributed by atoms with E-state index in [-0.39, 0.29) is 24.3 Å². The Labute approximate surface area is 207 Å². The number of fused-ring (bicyclic) bond motifs is 1. The minimum Gasteiger partial charge on any atom is -0.349 e. The highest BCUT2D eigenvalue weighted by molar-refractivity contribution is 6.10. The first-order valence-corrected chi connectivity index (χ1v) is 12.8. The van der Waals surface area contributed by atoms with Crippen molar-refractivity contribution < 1.29 is 9.59 Å². The number of nitrogens with zero attached hydrogens (tertiary/aromatic N) is 3. The van der Waals surface area contributed by atoms with Gasteiger partial charge in [-0.25, -0.2) is 0 Å². The zero-order chi connectivity index (χ0) is 24.3. The van der Waals surface area contributed by atoms with Crippen LogP contribution in [0.25, 0.3) is 10.8 Å². The van der Waals surface area contributed by atoms with Crippen molar-refractivity contribution >= 4 is 28.3 Å². The van der Waals surface area contributed by atoms with Crippen molar-refractivity contribution in [2.24, 2.45) is 0 Å². The molecule has 1 aliphatic carbocycles. The van der Waals surface area contributed by atoms with Crippen LogP contribution in [0.2, 0.25) is 0 Å². The van der Waals surface area contributed by atoms with Crippen LogP contribution < -0.4 is 4.90 Å². The number of carbonyl (C=O) groups excluding carboxylic acids is 2. The number of rotatable bonds is 4. The molecule has 2 atom stereocenters. The first-order valence-electron chi connectivity index (χ1n) is 12.8. The lowest BCUT2D eigenvalue weighted by Gasteiger charge is -2.40. The summed E-state index contributed by atoms with van der Waals surface area (Å²) in [6, 6.07) is 22.0. The third-order valence-electron chi connectivity index (χ3n) is 8.55. The number of hydrogen-bond acceptors (Lipinski definition) is 3. The molecule has 2 unspecified atom stereocenters. The lowest BCUT2D eigenvalue weighted by atomic mass is 9.80. The molecular formula is C30H33N3O2. The fraction of sp³-hybridized carbons (Fsp3) is 0.400. The van der Waals surface area contributed by atoms with Gasteiger partial charge in [-0.15, -0.1) is 0 Å². The number of likely N-dealkylation sites (tertiary alicyclic amines) is 1. The van der Waals surface area contributed by atoms with Crippen LogP contribution in [0.5, 0.6) is 0 Å². The van der Waals surface area contributed by atoms with E-state index in [0.717, 1.165) is 43.6 Å². The molecule has 0 N–H and O–H groups in total. The van der Waals surface area contributed by atoms with Crippen molar-refractivity contribution in [3.05, 3.63) is 77.4 Å². The Balaban J connectivity index is 1.23. The first kappa shape index (κ1) is 22.3. The van der Waals surface area contributed by atoms with Crippen LogP contribution in [0.4, 0.5) is 5.69 Å². The van der Waals surface area contributed by atoms with Crippen LogP contribution in [0.1, 0.15) is 48.9 Å². The third-order valence-corrected chi connectivity index (χ3v) is 8.55. The number of benzene rings is 3. The van der Waals surface area contributed by atoms with Gasteiger partial charge < -0.3 is 9.80 Å². The Kier molecular flexibility index (Phi) is 5.22. The fourth-order valence-electron chi connectivity index (χ4n) is 6.63. The number of para-hydroxylation sites is 1. The summed E-state index contributed by atoms with van der Waals surface area (Å²) in [6.45, 7) is 3.89. The van der Waals surface area contributed by atoms with Crippen LogP contribution in [0.15, 0.2) is 60.7 Å². The van der Waals surface area contributed by atoms with E-state index in [2.05, 4.69) is 47.4 Å². The Morgan fingerprint density at radius 1 is 1.00 bits per heavy atom. The highest BCUT2D eigenvalue weighted by Gasteiger charge is 2.51. The minimum atomic E-state index is -0.808. The summed E-state index contributed by atoms with van der Waals surface area (Å²) in [5, 5.41) is 2.77. The summed E-state index contributed by atoms with van der Waals surface area (Å²) >= 11 is 0. The maximum Gasteiger partial charge on any atom is 0.238 e. The van der Waals surface area contributed by atoms with Gasteiger partial charge in [0, 0.05) is 51.4 Å². The highest BCUT2D eigenvalue weighted by atomic mass is 16.2. The van der Waals surface area contributed by atoms with Gasteiger partial charge in [0.25, 0.3) is 0 Å². The predicted molar refractivity (Wildman–Crippen MR) is 140 cm³/mol. The van der Waals surface area contributed by atoms with E-state index in [4.69, 9.17) is 0 Å². The van der Waals surface area contributed by atoms with Crippen LogP contribution >= 0.6 is 0 Å². The molecule has 5 nitrogen and oxygen atoms in total. The normalized spacial score (nSPS) is 24.3. The van der Waals surface area contributed by atoms with E-state index < -0.39 is 5.41 Å². The Morgan fingerprint density at radius 2 is 1.71 bits per heavy atom. The number of anilines is 1. The molecule has 3 aliphatic rings. The molecule has 6 rings (SSSR count). The molecule has 2 amide bonds. The smallest absolute Gasteiger partial charge is 0.238 e. The third kappa shape index (κ3) is 3.40. The Hall–Kier alpha value is -3.18. The molecule has 3 aromatic rings. The maximum atomic E-state index is 13.9. The minimum absolute atomic E-state index is 0.0118. The summed E-state index contributed by atoms with van der Waals surface area (Å²) in [4.78, 5) is 32.8. The highest BCUT2D eigenvalue weighted by Crippen LogP contribution is 2.47. The van der Waals surface area contributed by atoms with Gasteiger partial charge in [0.1, 0.15) is 0 Å². The molecule has 2 heterocycles. The molecule has 5 heteroatoms. The lowest BCUT2D eigenvalue weighted by molar-refractivity contribution is -0.134. The summed E-state index contributed by atoms with van der Waals surface area (Å²) in [5.74, 6) is 0.0627. The SMILES string of the molecule is CN(C)C(=O)CC1(C)C(=O)N(C2CCN(C3Cc4cccc5cccc3c45)CC2)c2ccccc21. The zero-order valence-corrected chi connectivity index (χ0v) is 20.8. The van der Waals surface area contributed by atoms with Crippen molar-refractivity contribution in [3.63, 3.8) is 0 Å². The van der Waals surface area contributed by atoms with E-state index in [1.807, 2.05) is 30.0 Å². The molecule has 180 valence electrons. The van der Waals surface area contributed by atoms with Gasteiger partial charge in [-0.2, -0.15) is 0 Å². The number of hydrogen-bond donors (Lipinski definition) is 0. The van der Waals surface area contributed by atoms with Gasteiger partial charge >= 0.3 is 0 Å². The van der Waals surface area contributed by atoms with Crippen LogP contribution in [-0.2, 0) is 21.4 Å². The summed E-state index contributed by atoms with van der Waals surface area (Å²) in [6.07, 6.45) is 3.16. The van der Waals surface area contributed by atoms with Crippen molar-refractivity contribution in [1.82, 2.24) is 9.80 Å². The first-order chi connectivity index (χ1) is 16.9. The summed E-state index contributed by atoms with van der Waals surface area (Å²) in [7, 11) is 3.51. The number of amides is 2. The van der Waals surface area contributed by atoms with E-state index in [9.17, 15) is 9.59 Å². The second kappa shape index (κ2) is 8.20. The van der Waals surface area contributed by atoms with E-state index >= 15 is 0 Å². The van der Waals surface area contributed by atoms with Crippen molar-refractivity contribution in [3.8, 4) is 0 Å². The molecule has 0 saturated carbocycles. The van der Waals surface area contributed by atoms with Gasteiger partial charge in [-0.3, -0.25) is 14.5 Å². The van der Waals surface area contributed by atoms with Crippen molar-refractivity contribution in [2.45, 2.75) is 50.1 Å². The summed E-state index contributed by atoms with van der Waals surface area (Å²) < 4.78 is 0. The van der Waals surface area contributed by atoms with Gasteiger partial charge in [0.2, 0.25) is 11.8 Å². The van der Waals surface area contributed by atoms with Gasteiger partial charge in [-0.1, -0.05) is 54.6 Å². The number of carbonyl (C=O) groups is 2. The quantitative estimate of drug-likeness (QED) is 0.559. The molecule has 0 spiro atoms. The van der Waals surface area contributed by atoms with E-state index in [0.29, 0.717) is 6.04 Å². The molecule has 0 bridgehead atoms. The second-order valence-corrected chi connectivity index (χ2v) is 10.8. The Bertz CT molecular complexity index is 1320. The fourth-order valence-corrected chi connectivity index (χ4v) is 6.63. The molecular weight excluding hydrogens is 434 g/mol. The standard InChI is InChI=1S/C30H33N3O2/c1-30(19-27(34)31(2)3)24-12-4-5-13-25(24)33(29(30)35)22-14-16-32(17-15-22)26-18-21-10-6-8-20-9-7-11-23(26)28(20)21/h4-13,22,26H,14-19H2,1-3H3. The molecule has 1 saturated heterocycles. The maximum absolute atomic E-state index is 13.9. The van der Waals surface area contributed by atoms with E-state index in [1.54, 1.807) is 19.0 Å². The van der Waals surface area contributed by atoms with Gasteiger partial charge in [0.05, 0.1) is 5.41 Å². The van der Waals surface area contributed by atoms with Gasteiger partial charge in [-0.05, 0) is 59.7 Å². The predicted octanol–water partition coefficient (Wildman–Crippen LogP) is 4.68. The average molecular weight is 468 g/mol. The lowest BCUT2D eigenvalue weighted by Crippen LogP contribution is -2.50. The summed E-state index contributed by atoms with van der Waals surface area (Å²) in [5.41, 5.74) is 4.07. The van der Waals surface area contributed by atoms with Crippen LogP contribution in [0.3, 0.4) is 0 Å². The van der Waals surface area contributed by atoms with E-state index in [1.165, 1.54) is 21.9 Å². The largest absolute Gasteiger partial charge is 0.349 e. The molecule has 2 aliphatic heterocycles. The molecule has 0 aromatic heterocycles. The van der Waals surface area contributed by atoms with Gasteiger partial charge in [0.15, 0.2) is 0 Å². The van der Waals surface area contributed by atoms with Crippen molar-refractivity contribution in [2.75, 3.05) is 32.1 Å². The molecule has 1 fully saturated rings. The molecule has 0 radical (unpaired) electrons. The zero-order valence-electron chi connectivity index (χ0n) is 20.8. The van der Waals surface area contributed by atoms with Crippen LogP contribution in [0, 0.1) is 0 Å². The number of piperidine rings is 1. The Morgan fingerprint density at radius 3 is 2.46 bits per heavy atom. The average Bonchev–Trinajstić information content (AvgIpc) is 3.34. The van der Waals surface area contributed by atoms with Crippen molar-refractivity contribution in [1.29, 1.82) is 0 Å².